The van der Waals surface area contributed by atoms with E-state index in [1.807, 2.05) is 43.1 Å². The van der Waals surface area contributed by atoms with Crippen LogP contribution in [0.5, 0.6) is 0 Å². The number of carbonyl (C=O) groups excluding carboxylic acids is 1. The molecule has 1 fully saturated rings. The van der Waals surface area contributed by atoms with Crippen molar-refractivity contribution in [3.8, 4) is 0 Å². The Bertz CT molecular complexity index is 424. The number of hydrogen-bond donors (Lipinski definition) is 2. The third-order valence-electron chi connectivity index (χ3n) is 3.95. The summed E-state index contributed by atoms with van der Waals surface area (Å²) >= 11 is 1.90. The van der Waals surface area contributed by atoms with Gasteiger partial charge in [0.05, 0.1) is 0 Å². The predicted octanol–water partition coefficient (Wildman–Crippen LogP) is 3.13. The number of hydrogen-bond acceptors (Lipinski definition) is 3. The van der Waals surface area contributed by atoms with Gasteiger partial charge in [-0.2, -0.15) is 11.8 Å². The van der Waals surface area contributed by atoms with E-state index in [1.165, 1.54) is 25.7 Å². The number of thioether (sulfide) groups is 1. The lowest BCUT2D eigenvalue weighted by atomic mass is 10.1. The Balaban J connectivity index is 1.93. The Kier molecular flexibility index (Phi) is 4.75. The zero-order valence-corrected chi connectivity index (χ0v) is 12.5. The third kappa shape index (κ3) is 3.44. The molecule has 1 aliphatic rings. The van der Waals surface area contributed by atoms with Crippen LogP contribution in [-0.4, -0.2) is 30.5 Å². The van der Waals surface area contributed by atoms with E-state index in [0.717, 1.165) is 17.8 Å². The monoisotopic (exact) mass is 278 g/mol. The molecule has 1 aromatic rings. The molecular formula is C15H22N2OS. The molecule has 1 saturated carbocycles. The second-order valence-electron chi connectivity index (χ2n) is 5.10. The van der Waals surface area contributed by atoms with Gasteiger partial charge in [0.25, 0.3) is 5.91 Å². The zero-order valence-electron chi connectivity index (χ0n) is 11.7. The van der Waals surface area contributed by atoms with Crippen molar-refractivity contribution in [1.29, 1.82) is 0 Å². The fourth-order valence-electron chi connectivity index (χ4n) is 2.60. The summed E-state index contributed by atoms with van der Waals surface area (Å²) in [6, 6.07) is 7.58. The fraction of sp³-hybridized carbons (Fsp3) is 0.533. The Morgan fingerprint density at radius 1 is 1.26 bits per heavy atom. The molecule has 0 saturated heterocycles. The zero-order chi connectivity index (χ0) is 13.7. The number of rotatable bonds is 5. The van der Waals surface area contributed by atoms with Crippen molar-refractivity contribution >= 4 is 23.4 Å². The lowest BCUT2D eigenvalue weighted by molar-refractivity contribution is 0.0949. The smallest absolute Gasteiger partial charge is 0.251 e. The van der Waals surface area contributed by atoms with Gasteiger partial charge in [-0.25, -0.2) is 0 Å². The van der Waals surface area contributed by atoms with Gasteiger partial charge < -0.3 is 10.6 Å². The summed E-state index contributed by atoms with van der Waals surface area (Å²) in [5, 5.41) is 6.14. The average Bonchev–Trinajstić information content (AvgIpc) is 2.94. The fourth-order valence-corrected chi connectivity index (χ4v) is 3.52. The Morgan fingerprint density at radius 3 is 2.42 bits per heavy atom. The van der Waals surface area contributed by atoms with Crippen LogP contribution in [0.1, 0.15) is 36.0 Å². The van der Waals surface area contributed by atoms with E-state index < -0.39 is 0 Å². The third-order valence-corrected chi connectivity index (χ3v) is 5.37. The van der Waals surface area contributed by atoms with Gasteiger partial charge in [-0.3, -0.25) is 4.79 Å². The van der Waals surface area contributed by atoms with Gasteiger partial charge >= 0.3 is 0 Å². The molecule has 0 heterocycles. The minimum Gasteiger partial charge on any atom is -0.388 e. The van der Waals surface area contributed by atoms with Gasteiger partial charge in [0.1, 0.15) is 0 Å². The molecule has 0 radical (unpaired) electrons. The van der Waals surface area contributed by atoms with Crippen molar-refractivity contribution < 1.29 is 4.79 Å². The lowest BCUT2D eigenvalue weighted by Gasteiger charge is -2.26. The molecule has 104 valence electrons. The van der Waals surface area contributed by atoms with Crippen molar-refractivity contribution in [1.82, 2.24) is 5.32 Å². The minimum atomic E-state index is 0.0305. The summed E-state index contributed by atoms with van der Waals surface area (Å²) in [6.45, 7) is 0.779. The molecule has 19 heavy (non-hydrogen) atoms. The van der Waals surface area contributed by atoms with E-state index in [2.05, 4.69) is 16.9 Å². The number of nitrogens with one attached hydrogen (secondary N) is 2. The highest BCUT2D eigenvalue weighted by Gasteiger charge is 2.33. The maximum absolute atomic E-state index is 12.1. The van der Waals surface area contributed by atoms with E-state index in [0.29, 0.717) is 0 Å². The first kappa shape index (κ1) is 14.3. The number of amides is 1. The van der Waals surface area contributed by atoms with Crippen molar-refractivity contribution in [2.75, 3.05) is 25.2 Å². The van der Waals surface area contributed by atoms with Crippen molar-refractivity contribution in [2.24, 2.45) is 0 Å². The topological polar surface area (TPSA) is 41.1 Å². The average molecular weight is 278 g/mol. The van der Waals surface area contributed by atoms with Crippen LogP contribution in [0.4, 0.5) is 5.69 Å². The van der Waals surface area contributed by atoms with Crippen LogP contribution in [0.15, 0.2) is 24.3 Å². The van der Waals surface area contributed by atoms with Gasteiger partial charge in [-0.15, -0.1) is 0 Å². The molecule has 0 aromatic heterocycles. The first-order valence-corrected chi connectivity index (χ1v) is 8.03. The van der Waals surface area contributed by atoms with Gasteiger partial charge in [-0.1, -0.05) is 12.8 Å². The largest absolute Gasteiger partial charge is 0.388 e. The maximum Gasteiger partial charge on any atom is 0.251 e. The van der Waals surface area contributed by atoms with E-state index >= 15 is 0 Å². The number of benzene rings is 1. The summed E-state index contributed by atoms with van der Waals surface area (Å²) in [6.07, 6.45) is 7.15. The Morgan fingerprint density at radius 2 is 1.89 bits per heavy atom. The highest BCUT2D eigenvalue weighted by atomic mass is 32.2. The van der Waals surface area contributed by atoms with Crippen LogP contribution in [-0.2, 0) is 0 Å². The van der Waals surface area contributed by atoms with Crippen molar-refractivity contribution in [2.45, 2.75) is 30.4 Å². The summed E-state index contributed by atoms with van der Waals surface area (Å²) in [4.78, 5) is 12.1. The Labute approximate surface area is 119 Å². The van der Waals surface area contributed by atoms with Crippen LogP contribution >= 0.6 is 11.8 Å². The molecule has 3 nitrogen and oxygen atoms in total. The second-order valence-corrected chi connectivity index (χ2v) is 6.38. The number of anilines is 1. The van der Waals surface area contributed by atoms with Crippen molar-refractivity contribution in [3.05, 3.63) is 29.8 Å². The molecule has 1 amide bonds. The molecule has 1 aliphatic carbocycles. The molecule has 2 rings (SSSR count). The van der Waals surface area contributed by atoms with E-state index in [-0.39, 0.29) is 10.7 Å². The molecule has 1 aromatic carbocycles. The van der Waals surface area contributed by atoms with E-state index in [1.54, 1.807) is 0 Å². The molecule has 2 N–H and O–H groups in total. The van der Waals surface area contributed by atoms with Gasteiger partial charge in [-0.05, 0) is 43.4 Å². The number of carbonyl (C=O) groups is 1. The van der Waals surface area contributed by atoms with Gasteiger partial charge in [0.2, 0.25) is 0 Å². The molecule has 0 unspecified atom stereocenters. The van der Waals surface area contributed by atoms with Crippen LogP contribution in [0.25, 0.3) is 0 Å². The minimum absolute atomic E-state index is 0.0305. The summed E-state index contributed by atoms with van der Waals surface area (Å²) in [5.74, 6) is 0.0305. The first-order valence-electron chi connectivity index (χ1n) is 6.80. The molecular weight excluding hydrogens is 256 g/mol. The van der Waals surface area contributed by atoms with Crippen LogP contribution in [0.2, 0.25) is 0 Å². The lowest BCUT2D eigenvalue weighted by Crippen LogP contribution is -2.38. The molecule has 0 atom stereocenters. The van der Waals surface area contributed by atoms with Crippen LogP contribution in [0, 0.1) is 0 Å². The van der Waals surface area contributed by atoms with Gasteiger partial charge in [0.15, 0.2) is 0 Å². The summed E-state index contributed by atoms with van der Waals surface area (Å²) < 4.78 is 0.264. The highest BCUT2D eigenvalue weighted by Crippen LogP contribution is 2.39. The molecule has 0 bridgehead atoms. The summed E-state index contributed by atoms with van der Waals surface area (Å²) in [7, 11) is 1.87. The molecule has 4 heteroatoms. The second kappa shape index (κ2) is 6.33. The predicted molar refractivity (Wildman–Crippen MR) is 83.0 cm³/mol. The van der Waals surface area contributed by atoms with Crippen LogP contribution < -0.4 is 10.6 Å². The van der Waals surface area contributed by atoms with E-state index in [4.69, 9.17) is 0 Å². The van der Waals surface area contributed by atoms with Crippen molar-refractivity contribution in [3.63, 3.8) is 0 Å². The standard InChI is InChI=1S/C15H22N2OS/c1-16-13-7-5-12(6-8-13)14(18)17-11-15(19-2)9-3-4-10-15/h5-8,16H,3-4,9-11H2,1-2H3,(H,17,18). The normalized spacial score (nSPS) is 17.2. The van der Waals surface area contributed by atoms with E-state index in [9.17, 15) is 4.79 Å². The quantitative estimate of drug-likeness (QED) is 0.869. The molecule has 0 spiro atoms. The SMILES string of the molecule is CNc1ccc(C(=O)NCC2(SC)CCCC2)cc1. The van der Waals surface area contributed by atoms with Gasteiger partial charge in [0, 0.05) is 29.6 Å². The highest BCUT2D eigenvalue weighted by molar-refractivity contribution is 8.00. The summed E-state index contributed by atoms with van der Waals surface area (Å²) in [5.41, 5.74) is 1.75. The van der Waals surface area contributed by atoms with Crippen LogP contribution in [0.3, 0.4) is 0 Å². The Hall–Kier alpha value is -1.16. The molecule has 0 aliphatic heterocycles. The first-order chi connectivity index (χ1) is 9.19. The maximum atomic E-state index is 12.1.